The third-order valence-electron chi connectivity index (χ3n) is 2.05. The zero-order valence-electron chi connectivity index (χ0n) is 10.0. The Bertz CT molecular complexity index is 135. The van der Waals surface area contributed by atoms with Crippen LogP contribution in [0.5, 0.6) is 0 Å². The summed E-state index contributed by atoms with van der Waals surface area (Å²) in [5.41, 5.74) is 5.30. The van der Waals surface area contributed by atoms with E-state index in [9.17, 15) is 0 Å². The van der Waals surface area contributed by atoms with Crippen molar-refractivity contribution in [2.24, 2.45) is 11.7 Å². The molecule has 0 aliphatic carbocycles. The average molecular weight is 203 g/mol. The highest BCUT2D eigenvalue weighted by Crippen LogP contribution is 2.05. The van der Waals surface area contributed by atoms with Crippen molar-refractivity contribution < 1.29 is 9.47 Å². The Kier molecular flexibility index (Phi) is 7.15. The molecule has 0 fully saturated rings. The summed E-state index contributed by atoms with van der Waals surface area (Å²) in [6.07, 6.45) is 1.11. The molecule has 0 aromatic carbocycles. The lowest BCUT2D eigenvalue weighted by Crippen LogP contribution is -2.35. The van der Waals surface area contributed by atoms with Crippen LogP contribution in [0.4, 0.5) is 0 Å². The van der Waals surface area contributed by atoms with Crippen LogP contribution in [0.1, 0.15) is 34.1 Å². The van der Waals surface area contributed by atoms with Crippen LogP contribution in [-0.2, 0) is 9.47 Å². The third kappa shape index (κ3) is 8.48. The van der Waals surface area contributed by atoms with Gasteiger partial charge >= 0.3 is 0 Å². The number of hydrogen-bond acceptors (Lipinski definition) is 3. The molecule has 0 aliphatic rings. The van der Waals surface area contributed by atoms with Crippen molar-refractivity contribution in [3.8, 4) is 0 Å². The van der Waals surface area contributed by atoms with Crippen LogP contribution in [0.25, 0.3) is 0 Å². The molecule has 0 atom stereocenters. The summed E-state index contributed by atoms with van der Waals surface area (Å²) in [5, 5.41) is 0. The van der Waals surface area contributed by atoms with Crippen LogP contribution in [-0.4, -0.2) is 32.0 Å². The highest BCUT2D eigenvalue weighted by molar-refractivity contribution is 4.68. The highest BCUT2D eigenvalue weighted by atomic mass is 16.5. The topological polar surface area (TPSA) is 44.5 Å². The molecule has 0 heterocycles. The number of rotatable bonds is 8. The first-order chi connectivity index (χ1) is 6.48. The number of ether oxygens (including phenoxy) is 2. The lowest BCUT2D eigenvalue weighted by molar-refractivity contribution is -0.0411. The van der Waals surface area contributed by atoms with Crippen molar-refractivity contribution >= 4 is 0 Å². The maximum atomic E-state index is 5.54. The van der Waals surface area contributed by atoms with Crippen molar-refractivity contribution in [3.63, 3.8) is 0 Å². The summed E-state index contributed by atoms with van der Waals surface area (Å²) >= 11 is 0. The van der Waals surface area contributed by atoms with Crippen LogP contribution >= 0.6 is 0 Å². The Hall–Kier alpha value is -0.120. The van der Waals surface area contributed by atoms with E-state index in [-0.39, 0.29) is 5.60 Å². The van der Waals surface area contributed by atoms with Gasteiger partial charge in [-0.25, -0.2) is 0 Å². The van der Waals surface area contributed by atoms with Crippen LogP contribution in [0, 0.1) is 5.92 Å². The molecule has 0 spiro atoms. The minimum atomic E-state index is -0.221. The Morgan fingerprint density at radius 2 is 1.79 bits per heavy atom. The molecule has 3 nitrogen and oxygen atoms in total. The van der Waals surface area contributed by atoms with Crippen LogP contribution < -0.4 is 5.73 Å². The zero-order chi connectivity index (χ0) is 11.0. The van der Waals surface area contributed by atoms with Gasteiger partial charge in [0, 0.05) is 13.2 Å². The lowest BCUT2D eigenvalue weighted by atomic mass is 10.1. The fourth-order valence-electron chi connectivity index (χ4n) is 0.857. The van der Waals surface area contributed by atoms with Gasteiger partial charge in [0.2, 0.25) is 0 Å². The van der Waals surface area contributed by atoms with E-state index in [1.54, 1.807) is 0 Å². The first-order valence-electron chi connectivity index (χ1n) is 5.39. The van der Waals surface area contributed by atoms with E-state index < -0.39 is 0 Å². The fourth-order valence-corrected chi connectivity index (χ4v) is 0.857. The van der Waals surface area contributed by atoms with Crippen LogP contribution in [0.15, 0.2) is 0 Å². The van der Waals surface area contributed by atoms with Gasteiger partial charge in [-0.1, -0.05) is 13.8 Å². The summed E-state index contributed by atoms with van der Waals surface area (Å²) in [4.78, 5) is 0. The largest absolute Gasteiger partial charge is 0.379 e. The number of nitrogens with two attached hydrogens (primary N) is 1. The molecule has 0 amide bonds. The van der Waals surface area contributed by atoms with E-state index in [0.29, 0.717) is 25.7 Å². The molecule has 0 rings (SSSR count). The van der Waals surface area contributed by atoms with Crippen molar-refractivity contribution in [2.75, 3.05) is 26.4 Å². The summed E-state index contributed by atoms with van der Waals surface area (Å²) in [6.45, 7) is 11.0. The SMILES string of the molecule is CC(C)CCOCCOC(C)(C)CN. The van der Waals surface area contributed by atoms with E-state index in [2.05, 4.69) is 13.8 Å². The molecular weight excluding hydrogens is 178 g/mol. The second-order valence-corrected chi connectivity index (χ2v) is 4.61. The van der Waals surface area contributed by atoms with E-state index >= 15 is 0 Å². The van der Waals surface area contributed by atoms with Gasteiger partial charge in [0.1, 0.15) is 0 Å². The van der Waals surface area contributed by atoms with Crippen LogP contribution in [0.3, 0.4) is 0 Å². The fraction of sp³-hybridized carbons (Fsp3) is 1.00. The van der Waals surface area contributed by atoms with Gasteiger partial charge in [-0.3, -0.25) is 0 Å². The van der Waals surface area contributed by atoms with Gasteiger partial charge in [-0.05, 0) is 26.2 Å². The molecule has 3 heteroatoms. The van der Waals surface area contributed by atoms with Gasteiger partial charge in [-0.15, -0.1) is 0 Å². The van der Waals surface area contributed by atoms with Gasteiger partial charge in [0.15, 0.2) is 0 Å². The molecule has 0 saturated carbocycles. The molecule has 86 valence electrons. The summed E-state index contributed by atoms with van der Waals surface area (Å²) in [5.74, 6) is 0.705. The normalized spacial score (nSPS) is 12.4. The second kappa shape index (κ2) is 7.21. The van der Waals surface area contributed by atoms with Crippen LogP contribution in [0.2, 0.25) is 0 Å². The maximum Gasteiger partial charge on any atom is 0.0749 e. The first-order valence-corrected chi connectivity index (χ1v) is 5.39. The summed E-state index contributed by atoms with van der Waals surface area (Å²) in [7, 11) is 0. The lowest BCUT2D eigenvalue weighted by Gasteiger charge is -2.23. The molecule has 0 aliphatic heterocycles. The van der Waals surface area contributed by atoms with Crippen molar-refractivity contribution in [1.29, 1.82) is 0 Å². The predicted molar refractivity (Wildman–Crippen MR) is 59.4 cm³/mol. The molecule has 2 N–H and O–H groups in total. The smallest absolute Gasteiger partial charge is 0.0749 e. The molecule has 14 heavy (non-hydrogen) atoms. The van der Waals surface area contributed by atoms with E-state index in [1.807, 2.05) is 13.8 Å². The summed E-state index contributed by atoms with van der Waals surface area (Å²) < 4.78 is 11.0. The molecule has 0 bridgehead atoms. The third-order valence-corrected chi connectivity index (χ3v) is 2.05. The zero-order valence-corrected chi connectivity index (χ0v) is 10.0. The Labute approximate surface area is 88.0 Å². The van der Waals surface area contributed by atoms with Crippen molar-refractivity contribution in [1.82, 2.24) is 0 Å². The molecule has 0 aromatic rings. The minimum absolute atomic E-state index is 0.221. The van der Waals surface area contributed by atoms with Gasteiger partial charge in [-0.2, -0.15) is 0 Å². The highest BCUT2D eigenvalue weighted by Gasteiger charge is 2.14. The quantitative estimate of drug-likeness (QED) is 0.612. The molecular formula is C11H25NO2. The molecule has 0 unspecified atom stereocenters. The standard InChI is InChI=1S/C11H25NO2/c1-10(2)5-6-13-7-8-14-11(3,4)9-12/h10H,5-9,12H2,1-4H3. The minimum Gasteiger partial charge on any atom is -0.379 e. The Morgan fingerprint density at radius 3 is 2.29 bits per heavy atom. The van der Waals surface area contributed by atoms with E-state index in [0.717, 1.165) is 13.0 Å². The monoisotopic (exact) mass is 203 g/mol. The summed E-state index contributed by atoms with van der Waals surface area (Å²) in [6, 6.07) is 0. The van der Waals surface area contributed by atoms with E-state index in [4.69, 9.17) is 15.2 Å². The van der Waals surface area contributed by atoms with Crippen molar-refractivity contribution in [3.05, 3.63) is 0 Å². The maximum absolute atomic E-state index is 5.54. The van der Waals surface area contributed by atoms with Gasteiger partial charge in [0.05, 0.1) is 18.8 Å². The second-order valence-electron chi connectivity index (χ2n) is 4.61. The Balaban J connectivity index is 3.21. The van der Waals surface area contributed by atoms with Gasteiger partial charge < -0.3 is 15.2 Å². The predicted octanol–water partition coefficient (Wildman–Crippen LogP) is 1.80. The molecule has 0 aromatic heterocycles. The Morgan fingerprint density at radius 1 is 1.14 bits per heavy atom. The molecule has 0 saturated heterocycles. The molecule has 0 radical (unpaired) electrons. The number of hydrogen-bond donors (Lipinski definition) is 1. The first kappa shape index (κ1) is 13.9. The van der Waals surface area contributed by atoms with Gasteiger partial charge in [0.25, 0.3) is 0 Å². The van der Waals surface area contributed by atoms with Crippen molar-refractivity contribution in [2.45, 2.75) is 39.7 Å². The van der Waals surface area contributed by atoms with E-state index in [1.165, 1.54) is 0 Å². The average Bonchev–Trinajstić information content (AvgIpc) is 2.10.